The number of nitrogens with zero attached hydrogens (tertiary/aromatic N) is 1. The number of sulfonamides is 1. The van der Waals surface area contributed by atoms with Gasteiger partial charge in [-0.3, -0.25) is 0 Å². The van der Waals surface area contributed by atoms with Gasteiger partial charge < -0.3 is 14.9 Å². The topological polar surface area (TPSA) is 87.1 Å². The van der Waals surface area contributed by atoms with Crippen LogP contribution in [0.5, 0.6) is 11.5 Å². The van der Waals surface area contributed by atoms with Gasteiger partial charge >= 0.3 is 0 Å². The zero-order chi connectivity index (χ0) is 18.8. The van der Waals surface area contributed by atoms with E-state index in [2.05, 4.69) is 0 Å². The molecule has 2 aromatic carbocycles. The first kappa shape index (κ1) is 19.3. The molecule has 2 aromatic rings. The lowest BCUT2D eigenvalue weighted by Gasteiger charge is -2.20. The number of aryl methyl sites for hydroxylation is 1. The summed E-state index contributed by atoms with van der Waals surface area (Å²) in [5, 5.41) is 18.9. The average molecular weight is 369 g/mol. The van der Waals surface area contributed by atoms with Crippen molar-refractivity contribution in [3.8, 4) is 11.5 Å². The van der Waals surface area contributed by atoms with Crippen LogP contribution in [0.2, 0.25) is 0 Å². The number of benzene rings is 2. The van der Waals surface area contributed by atoms with Crippen LogP contribution in [-0.2, 0) is 16.4 Å². The number of halogens is 1. The molecule has 0 aliphatic carbocycles. The molecule has 0 unspecified atom stereocenters. The first-order valence-electron chi connectivity index (χ1n) is 7.55. The van der Waals surface area contributed by atoms with Gasteiger partial charge in [-0.05, 0) is 48.4 Å². The van der Waals surface area contributed by atoms with E-state index in [1.165, 1.54) is 44.4 Å². The molecule has 0 radical (unpaired) electrons. The molecule has 0 atom stereocenters. The fourth-order valence-electron chi connectivity index (χ4n) is 2.22. The highest BCUT2D eigenvalue weighted by Crippen LogP contribution is 2.36. The molecule has 0 saturated carbocycles. The van der Waals surface area contributed by atoms with E-state index in [0.717, 1.165) is 10.4 Å². The summed E-state index contributed by atoms with van der Waals surface area (Å²) in [6, 6.07) is 7.81. The first-order valence-corrected chi connectivity index (χ1v) is 8.99. The molecule has 0 heterocycles. The zero-order valence-electron chi connectivity index (χ0n) is 14.1. The van der Waals surface area contributed by atoms with E-state index in [4.69, 9.17) is 4.74 Å². The summed E-state index contributed by atoms with van der Waals surface area (Å²) in [5.41, 5.74) is 0.527. The Balaban J connectivity index is 2.68. The van der Waals surface area contributed by atoms with Gasteiger partial charge in [0, 0.05) is 19.7 Å². The van der Waals surface area contributed by atoms with E-state index < -0.39 is 22.1 Å². The summed E-state index contributed by atoms with van der Waals surface area (Å²) < 4.78 is 45.1. The van der Waals surface area contributed by atoms with Crippen molar-refractivity contribution >= 4 is 10.0 Å². The Bertz CT molecular complexity index is 848. The molecule has 6 nitrogen and oxygen atoms in total. The third-order valence-corrected chi connectivity index (χ3v) is 5.45. The Labute approximate surface area is 146 Å². The molecule has 25 heavy (non-hydrogen) atoms. The number of ether oxygens (including phenoxy) is 1. The highest BCUT2D eigenvalue weighted by Gasteiger charge is 2.27. The van der Waals surface area contributed by atoms with E-state index >= 15 is 0 Å². The van der Waals surface area contributed by atoms with Gasteiger partial charge in [0.05, 0.1) is 0 Å². The van der Waals surface area contributed by atoms with Crippen LogP contribution in [-0.4, -0.2) is 37.0 Å². The van der Waals surface area contributed by atoms with E-state index in [-0.39, 0.29) is 22.0 Å². The molecule has 0 aliphatic heterocycles. The van der Waals surface area contributed by atoms with Crippen LogP contribution in [0.4, 0.5) is 4.39 Å². The minimum atomic E-state index is -3.91. The van der Waals surface area contributed by atoms with E-state index in [1.54, 1.807) is 6.92 Å². The standard InChI is InChI=1S/C17H20FNO5S/c1-4-11-9-12(17(20)21)10-15(25(22,23)19(2)3)16(11)24-14-7-5-13(18)6-8-14/h5-10,17,20-21H,4H2,1-3H3. The summed E-state index contributed by atoms with van der Waals surface area (Å²) in [4.78, 5) is -0.190. The monoisotopic (exact) mass is 369 g/mol. The number of aliphatic hydroxyl groups excluding tert-OH is 1. The van der Waals surface area contributed by atoms with Crippen molar-refractivity contribution in [3.63, 3.8) is 0 Å². The van der Waals surface area contributed by atoms with Crippen molar-refractivity contribution in [2.24, 2.45) is 0 Å². The van der Waals surface area contributed by atoms with Crippen LogP contribution in [0.1, 0.15) is 24.3 Å². The molecule has 0 bridgehead atoms. The zero-order valence-corrected chi connectivity index (χ0v) is 14.9. The molecule has 8 heteroatoms. The quantitative estimate of drug-likeness (QED) is 0.764. The van der Waals surface area contributed by atoms with Gasteiger partial charge in [0.15, 0.2) is 12.0 Å². The predicted octanol–water partition coefficient (Wildman–Crippen LogP) is 2.41. The molecule has 0 aliphatic rings. The number of hydrogen-bond donors (Lipinski definition) is 2. The van der Waals surface area contributed by atoms with Crippen LogP contribution in [0.15, 0.2) is 41.3 Å². The van der Waals surface area contributed by atoms with Crippen molar-refractivity contribution in [3.05, 3.63) is 53.3 Å². The second-order valence-corrected chi connectivity index (χ2v) is 7.70. The summed E-state index contributed by atoms with van der Waals surface area (Å²) in [5.74, 6) is -0.0984. The maximum absolute atomic E-state index is 13.1. The molecule has 2 N–H and O–H groups in total. The molecule has 2 rings (SSSR count). The fraction of sp³-hybridized carbons (Fsp3) is 0.294. The lowest BCUT2D eigenvalue weighted by molar-refractivity contribution is -0.0427. The highest BCUT2D eigenvalue weighted by molar-refractivity contribution is 7.89. The molecule has 0 amide bonds. The lowest BCUT2D eigenvalue weighted by atomic mass is 10.1. The molecular formula is C17H20FNO5S. The normalized spacial score (nSPS) is 12.0. The first-order chi connectivity index (χ1) is 11.7. The van der Waals surface area contributed by atoms with E-state index in [0.29, 0.717) is 12.0 Å². The summed E-state index contributed by atoms with van der Waals surface area (Å²) in [6.07, 6.45) is -1.42. The van der Waals surface area contributed by atoms with E-state index in [1.807, 2.05) is 0 Å². The van der Waals surface area contributed by atoms with Crippen molar-refractivity contribution in [2.75, 3.05) is 14.1 Å². The van der Waals surface area contributed by atoms with Gasteiger partial charge in [-0.25, -0.2) is 17.1 Å². The van der Waals surface area contributed by atoms with Crippen molar-refractivity contribution in [1.29, 1.82) is 0 Å². The van der Waals surface area contributed by atoms with Gasteiger partial charge in [0.2, 0.25) is 10.0 Å². The lowest BCUT2D eigenvalue weighted by Crippen LogP contribution is -2.23. The predicted molar refractivity (Wildman–Crippen MR) is 90.3 cm³/mol. The fourth-order valence-corrected chi connectivity index (χ4v) is 3.31. The second-order valence-electron chi connectivity index (χ2n) is 5.58. The number of hydrogen-bond acceptors (Lipinski definition) is 5. The Morgan fingerprint density at radius 3 is 2.24 bits per heavy atom. The van der Waals surface area contributed by atoms with Gasteiger partial charge in [-0.15, -0.1) is 0 Å². The van der Waals surface area contributed by atoms with Gasteiger partial charge in [-0.1, -0.05) is 6.92 Å². The molecular weight excluding hydrogens is 349 g/mol. The molecule has 0 fully saturated rings. The molecule has 0 aromatic heterocycles. The Kier molecular flexibility index (Phi) is 5.79. The minimum absolute atomic E-state index is 0.0451. The van der Waals surface area contributed by atoms with Gasteiger partial charge in [0.25, 0.3) is 0 Å². The Hall–Kier alpha value is -2.00. The average Bonchev–Trinajstić information content (AvgIpc) is 2.56. The highest BCUT2D eigenvalue weighted by atomic mass is 32.2. The van der Waals surface area contributed by atoms with Crippen LogP contribution in [0.3, 0.4) is 0 Å². The van der Waals surface area contributed by atoms with Crippen molar-refractivity contribution < 1.29 is 27.8 Å². The third kappa shape index (κ3) is 4.16. The van der Waals surface area contributed by atoms with Crippen LogP contribution < -0.4 is 4.74 Å². The number of aliphatic hydroxyl groups is 2. The molecule has 136 valence electrons. The Morgan fingerprint density at radius 2 is 1.76 bits per heavy atom. The third-order valence-electron chi connectivity index (χ3n) is 3.63. The Morgan fingerprint density at radius 1 is 1.16 bits per heavy atom. The second kappa shape index (κ2) is 7.49. The molecule has 0 saturated heterocycles. The van der Waals surface area contributed by atoms with E-state index in [9.17, 15) is 23.0 Å². The number of rotatable bonds is 6. The maximum atomic E-state index is 13.1. The SMILES string of the molecule is CCc1cc(C(O)O)cc(S(=O)(=O)N(C)C)c1Oc1ccc(F)cc1. The van der Waals surface area contributed by atoms with Gasteiger partial charge in [-0.2, -0.15) is 0 Å². The minimum Gasteiger partial charge on any atom is -0.456 e. The largest absolute Gasteiger partial charge is 0.456 e. The smallest absolute Gasteiger partial charge is 0.246 e. The molecule has 0 spiro atoms. The van der Waals surface area contributed by atoms with Crippen molar-refractivity contribution in [2.45, 2.75) is 24.5 Å². The maximum Gasteiger partial charge on any atom is 0.246 e. The van der Waals surface area contributed by atoms with Crippen LogP contribution in [0, 0.1) is 5.82 Å². The van der Waals surface area contributed by atoms with Gasteiger partial charge in [0.1, 0.15) is 16.5 Å². The summed E-state index contributed by atoms with van der Waals surface area (Å²) in [6.45, 7) is 1.78. The van der Waals surface area contributed by atoms with Crippen molar-refractivity contribution in [1.82, 2.24) is 4.31 Å². The summed E-state index contributed by atoms with van der Waals surface area (Å²) >= 11 is 0. The van der Waals surface area contributed by atoms with Crippen LogP contribution >= 0.6 is 0 Å². The van der Waals surface area contributed by atoms with Crippen LogP contribution in [0.25, 0.3) is 0 Å². The summed E-state index contributed by atoms with van der Waals surface area (Å²) in [7, 11) is -1.18.